The van der Waals surface area contributed by atoms with Gasteiger partial charge >= 0.3 is 0 Å². The van der Waals surface area contributed by atoms with Crippen LogP contribution in [-0.4, -0.2) is 44.4 Å². The molecule has 2 atom stereocenters. The molecular formula is C35H34N2O5. The van der Waals surface area contributed by atoms with Crippen LogP contribution in [-0.2, 0) is 25.7 Å². The summed E-state index contributed by atoms with van der Waals surface area (Å²) >= 11 is 0. The second-order valence-electron chi connectivity index (χ2n) is 11.8. The molecule has 4 aliphatic heterocycles. The zero-order valence-electron chi connectivity index (χ0n) is 24.1. The largest absolute Gasteiger partial charge is 0.507 e. The van der Waals surface area contributed by atoms with Crippen LogP contribution in [0.15, 0.2) is 54.6 Å². The molecule has 42 heavy (non-hydrogen) atoms. The standard InChI is InChI=1S/C35H34N2O5/c1-37-11-9-22-17-32(40-3)34-35-33(22)27(37)15-20-5-7-29(39-2)25(13-20)24-12-19(4-6-28(24)38)14-26-23-18-31(42-35)30(41-34)16-21(23)8-10-36-26/h4-7,12-13,16-18,26-27,36,38H,8-11,14-15H2,1-3H3/t26-,27-/m0/s1. The average Bonchev–Trinajstić information content (AvgIpc) is 3.00. The van der Waals surface area contributed by atoms with E-state index in [0.29, 0.717) is 11.5 Å². The normalized spacial score (nSPS) is 20.0. The average molecular weight is 563 g/mol. The number of nitrogens with zero attached hydrogens (tertiary/aromatic N) is 1. The van der Waals surface area contributed by atoms with Crippen molar-refractivity contribution in [3.05, 3.63) is 88.0 Å². The lowest BCUT2D eigenvalue weighted by molar-refractivity contribution is 0.220. The third-order valence-corrected chi connectivity index (χ3v) is 9.42. The second kappa shape index (κ2) is 9.68. The summed E-state index contributed by atoms with van der Waals surface area (Å²) in [4.78, 5) is 2.39. The topological polar surface area (TPSA) is 72.4 Å². The molecule has 0 aliphatic carbocycles. The first-order valence-electron chi connectivity index (χ1n) is 14.7. The van der Waals surface area contributed by atoms with Gasteiger partial charge in [0.2, 0.25) is 5.75 Å². The number of methoxy groups -OCH3 is 2. The van der Waals surface area contributed by atoms with E-state index in [4.69, 9.17) is 18.9 Å². The maximum Gasteiger partial charge on any atom is 0.212 e. The van der Waals surface area contributed by atoms with E-state index in [-0.39, 0.29) is 17.8 Å². The Labute approximate surface area is 245 Å². The molecule has 0 spiro atoms. The highest BCUT2D eigenvalue weighted by Gasteiger charge is 2.36. The van der Waals surface area contributed by atoms with Gasteiger partial charge in [-0.15, -0.1) is 0 Å². The highest BCUT2D eigenvalue weighted by molar-refractivity contribution is 5.77. The minimum absolute atomic E-state index is 0.0553. The van der Waals surface area contributed by atoms with Gasteiger partial charge in [-0.05, 0) is 110 Å². The molecule has 7 heteroatoms. The molecule has 0 radical (unpaired) electrons. The maximum atomic E-state index is 11.1. The minimum Gasteiger partial charge on any atom is -0.507 e. The SMILES string of the molecule is COc1ccc2cc1-c1cc(ccc1O)C[C@@H]1NCCc3cc4c(cc31)Oc1c(c(OC)cc3c1[C@H](C2)N(C)CC3)O4. The molecule has 7 nitrogen and oxygen atoms in total. The van der Waals surface area contributed by atoms with Gasteiger partial charge in [0.1, 0.15) is 11.5 Å². The monoisotopic (exact) mass is 562 g/mol. The molecule has 214 valence electrons. The molecule has 2 N–H and O–H groups in total. The van der Waals surface area contributed by atoms with Crippen molar-refractivity contribution in [2.45, 2.75) is 37.8 Å². The fraction of sp³-hybridized carbons (Fsp3) is 0.314. The highest BCUT2D eigenvalue weighted by Crippen LogP contribution is 2.56. The Kier molecular flexibility index (Phi) is 5.88. The highest BCUT2D eigenvalue weighted by atomic mass is 16.6. The van der Waals surface area contributed by atoms with Crippen molar-refractivity contribution in [3.8, 4) is 51.4 Å². The van der Waals surface area contributed by atoms with E-state index in [1.54, 1.807) is 20.3 Å². The van der Waals surface area contributed by atoms with Gasteiger partial charge in [-0.3, -0.25) is 4.90 Å². The van der Waals surface area contributed by atoms with Crippen LogP contribution in [0.3, 0.4) is 0 Å². The smallest absolute Gasteiger partial charge is 0.212 e. The number of aromatic hydroxyl groups is 1. The van der Waals surface area contributed by atoms with Gasteiger partial charge < -0.3 is 29.4 Å². The quantitative estimate of drug-likeness (QED) is 0.255. The molecule has 4 heterocycles. The lowest BCUT2D eigenvalue weighted by Gasteiger charge is -2.38. The third kappa shape index (κ3) is 3.95. The molecule has 0 unspecified atom stereocenters. The second-order valence-corrected chi connectivity index (χ2v) is 11.8. The lowest BCUT2D eigenvalue weighted by Crippen LogP contribution is -2.34. The van der Waals surface area contributed by atoms with E-state index in [1.807, 2.05) is 12.1 Å². The predicted octanol–water partition coefficient (Wildman–Crippen LogP) is 6.49. The molecule has 0 saturated heterocycles. The molecule has 0 fully saturated rings. The predicted molar refractivity (Wildman–Crippen MR) is 161 cm³/mol. The number of likely N-dealkylation sites (N-methyl/N-ethyl adjacent to an activating group) is 1. The van der Waals surface area contributed by atoms with Crippen molar-refractivity contribution in [2.75, 3.05) is 34.4 Å². The Hall–Kier alpha value is -4.20. The van der Waals surface area contributed by atoms with Gasteiger partial charge in [0.15, 0.2) is 23.0 Å². The van der Waals surface area contributed by atoms with E-state index >= 15 is 0 Å². The van der Waals surface area contributed by atoms with Crippen LogP contribution in [0.5, 0.6) is 40.2 Å². The Morgan fingerprint density at radius 1 is 0.810 bits per heavy atom. The van der Waals surface area contributed by atoms with Crippen LogP contribution in [0, 0.1) is 0 Å². The number of phenols is 1. The number of hydrogen-bond acceptors (Lipinski definition) is 7. The van der Waals surface area contributed by atoms with E-state index in [1.165, 1.54) is 16.7 Å². The number of nitrogens with one attached hydrogen (secondary N) is 1. The van der Waals surface area contributed by atoms with Crippen molar-refractivity contribution >= 4 is 0 Å². The summed E-state index contributed by atoms with van der Waals surface area (Å²) in [6.45, 7) is 1.79. The van der Waals surface area contributed by atoms with Crippen molar-refractivity contribution in [2.24, 2.45) is 0 Å². The fourth-order valence-corrected chi connectivity index (χ4v) is 7.22. The van der Waals surface area contributed by atoms with Gasteiger partial charge in [-0.2, -0.15) is 0 Å². The summed E-state index contributed by atoms with van der Waals surface area (Å²) in [7, 11) is 5.55. The van der Waals surface area contributed by atoms with Crippen LogP contribution >= 0.6 is 0 Å². The summed E-state index contributed by atoms with van der Waals surface area (Å²) in [5.41, 5.74) is 8.80. The first-order valence-corrected chi connectivity index (χ1v) is 14.7. The van der Waals surface area contributed by atoms with Crippen LogP contribution < -0.4 is 24.3 Å². The van der Waals surface area contributed by atoms with E-state index in [2.05, 4.69) is 53.7 Å². The molecule has 0 aromatic heterocycles. The van der Waals surface area contributed by atoms with Gasteiger partial charge in [0.05, 0.1) is 14.2 Å². The number of ether oxygens (including phenoxy) is 4. The Morgan fingerprint density at radius 3 is 2.43 bits per heavy atom. The number of hydrogen-bond donors (Lipinski definition) is 2. The Morgan fingerprint density at radius 2 is 1.57 bits per heavy atom. The summed E-state index contributed by atoms with van der Waals surface area (Å²) in [6.07, 6.45) is 3.34. The molecule has 0 amide bonds. The first kappa shape index (κ1) is 25.5. The summed E-state index contributed by atoms with van der Waals surface area (Å²) < 4.78 is 25.1. The van der Waals surface area contributed by atoms with Gasteiger partial charge in [-0.1, -0.05) is 12.1 Å². The van der Waals surface area contributed by atoms with Crippen LogP contribution in [0.2, 0.25) is 0 Å². The van der Waals surface area contributed by atoms with Crippen LogP contribution in [0.25, 0.3) is 11.1 Å². The Bertz CT molecular complexity index is 1750. The van der Waals surface area contributed by atoms with E-state index in [0.717, 1.165) is 89.6 Å². The molecule has 4 aromatic rings. The number of phenolic OH excluding ortho intramolecular Hbond substituents is 1. The number of fused-ring (bicyclic) bond motifs is 5. The van der Waals surface area contributed by atoms with Crippen molar-refractivity contribution in [1.29, 1.82) is 0 Å². The van der Waals surface area contributed by atoms with Crippen molar-refractivity contribution in [1.82, 2.24) is 10.2 Å². The maximum absolute atomic E-state index is 11.1. The zero-order chi connectivity index (χ0) is 28.5. The van der Waals surface area contributed by atoms with Gasteiger partial charge in [-0.25, -0.2) is 0 Å². The lowest BCUT2D eigenvalue weighted by atomic mass is 9.86. The molecule has 8 rings (SSSR count). The molecule has 7 bridgehead atoms. The molecular weight excluding hydrogens is 528 g/mol. The van der Waals surface area contributed by atoms with Crippen molar-refractivity contribution < 1.29 is 24.1 Å². The third-order valence-electron chi connectivity index (χ3n) is 9.42. The number of rotatable bonds is 2. The summed E-state index contributed by atoms with van der Waals surface area (Å²) in [5.74, 6) is 4.55. The summed E-state index contributed by atoms with van der Waals surface area (Å²) in [6, 6.07) is 18.8. The minimum atomic E-state index is 0.0553. The van der Waals surface area contributed by atoms with Crippen molar-refractivity contribution in [3.63, 3.8) is 0 Å². The Balaban J connectivity index is 1.39. The molecule has 4 aromatic carbocycles. The van der Waals surface area contributed by atoms with Gasteiger partial charge in [0, 0.05) is 35.3 Å². The fourth-order valence-electron chi connectivity index (χ4n) is 7.22. The number of benzene rings is 4. The molecule has 4 aliphatic rings. The molecule has 0 saturated carbocycles. The zero-order valence-corrected chi connectivity index (χ0v) is 24.1. The summed E-state index contributed by atoms with van der Waals surface area (Å²) in [5, 5.41) is 14.8. The first-order chi connectivity index (χ1) is 20.5. The van der Waals surface area contributed by atoms with Crippen LogP contribution in [0.1, 0.15) is 45.5 Å². The van der Waals surface area contributed by atoms with Crippen LogP contribution in [0.4, 0.5) is 0 Å². The van der Waals surface area contributed by atoms with E-state index < -0.39 is 0 Å². The van der Waals surface area contributed by atoms with E-state index in [9.17, 15) is 5.11 Å². The van der Waals surface area contributed by atoms with Gasteiger partial charge in [0.25, 0.3) is 0 Å².